The number of rotatable bonds is 9. The van der Waals surface area contributed by atoms with E-state index in [9.17, 15) is 14.4 Å². The van der Waals surface area contributed by atoms with Crippen LogP contribution >= 0.6 is 24.0 Å². The van der Waals surface area contributed by atoms with Crippen LogP contribution in [0.4, 0.5) is 5.69 Å². The van der Waals surface area contributed by atoms with Gasteiger partial charge in [0.1, 0.15) is 4.32 Å². The van der Waals surface area contributed by atoms with Gasteiger partial charge < -0.3 is 14.8 Å². The minimum absolute atomic E-state index is 0.198. The van der Waals surface area contributed by atoms with Gasteiger partial charge in [-0.2, -0.15) is 0 Å². The quantitative estimate of drug-likeness (QED) is 0.237. The van der Waals surface area contributed by atoms with Gasteiger partial charge in [0, 0.05) is 5.69 Å². The maximum absolute atomic E-state index is 12.8. The van der Waals surface area contributed by atoms with Gasteiger partial charge in [-0.25, -0.2) is 9.59 Å². The van der Waals surface area contributed by atoms with E-state index in [2.05, 4.69) is 10.1 Å². The number of carbonyl (C=O) groups is 3. The fraction of sp³-hybridized carbons (Fsp3) is 0.250. The molecule has 2 aromatic rings. The molecule has 1 aliphatic heterocycles. The van der Waals surface area contributed by atoms with Crippen molar-refractivity contribution in [3.8, 4) is 0 Å². The summed E-state index contributed by atoms with van der Waals surface area (Å²) >= 11 is 6.59. The third-order valence-corrected chi connectivity index (χ3v) is 6.17. The van der Waals surface area contributed by atoms with Crippen molar-refractivity contribution in [2.45, 2.75) is 19.8 Å². The second kappa shape index (κ2) is 11.6. The number of hydrogen-bond acceptors (Lipinski definition) is 8. The highest BCUT2D eigenvalue weighted by molar-refractivity contribution is 8.26. The first-order valence-electron chi connectivity index (χ1n) is 10.4. The van der Waals surface area contributed by atoms with E-state index in [1.165, 1.54) is 23.8 Å². The van der Waals surface area contributed by atoms with Crippen molar-refractivity contribution in [1.29, 1.82) is 0 Å². The number of thioether (sulfide) groups is 1. The Morgan fingerprint density at radius 2 is 1.70 bits per heavy atom. The van der Waals surface area contributed by atoms with E-state index in [0.29, 0.717) is 27.0 Å². The van der Waals surface area contributed by atoms with Gasteiger partial charge in [-0.3, -0.25) is 9.69 Å². The SMILES string of the molecule is CCCCOC(=O)c1ccc(NCN2C(=O)/C(=C\c3ccc(C(=O)OC)cc3)SC2=S)cc1. The van der Waals surface area contributed by atoms with Crippen LogP contribution in [0, 0.1) is 0 Å². The molecule has 0 radical (unpaired) electrons. The second-order valence-electron chi connectivity index (χ2n) is 7.13. The lowest BCUT2D eigenvalue weighted by atomic mass is 10.1. The number of unbranched alkanes of at least 4 members (excludes halogenated alkanes) is 1. The van der Waals surface area contributed by atoms with E-state index in [4.69, 9.17) is 17.0 Å². The average Bonchev–Trinajstić information content (AvgIpc) is 3.10. The second-order valence-corrected chi connectivity index (χ2v) is 8.80. The van der Waals surface area contributed by atoms with Gasteiger partial charge in [-0.05, 0) is 54.5 Å². The molecule has 1 saturated heterocycles. The highest BCUT2D eigenvalue weighted by Gasteiger charge is 2.31. The molecule has 3 rings (SSSR count). The van der Waals surface area contributed by atoms with Gasteiger partial charge in [0.25, 0.3) is 5.91 Å². The van der Waals surface area contributed by atoms with E-state index < -0.39 is 5.97 Å². The number of methoxy groups -OCH3 is 1. The van der Waals surface area contributed by atoms with Crippen molar-refractivity contribution in [2.24, 2.45) is 0 Å². The maximum atomic E-state index is 12.8. The normalized spacial score (nSPS) is 14.5. The summed E-state index contributed by atoms with van der Waals surface area (Å²) in [6.45, 7) is 2.64. The molecule has 1 fully saturated rings. The van der Waals surface area contributed by atoms with Gasteiger partial charge in [0.15, 0.2) is 0 Å². The van der Waals surface area contributed by atoms with E-state index in [1.54, 1.807) is 54.6 Å². The van der Waals surface area contributed by atoms with Crippen molar-refractivity contribution >= 4 is 57.9 Å². The standard InChI is InChI=1S/C24H24N2O5S2/c1-3-4-13-31-23(29)18-9-11-19(12-10-18)25-15-26-21(27)20(33-24(26)32)14-16-5-7-17(8-6-16)22(28)30-2/h5-12,14,25H,3-4,13,15H2,1-2H3/b20-14+. The number of esters is 2. The molecule has 1 amide bonds. The molecular weight excluding hydrogens is 460 g/mol. The molecule has 9 heteroatoms. The van der Waals surface area contributed by atoms with Crippen molar-refractivity contribution < 1.29 is 23.9 Å². The van der Waals surface area contributed by atoms with Crippen LogP contribution in [0.5, 0.6) is 0 Å². The lowest BCUT2D eigenvalue weighted by Gasteiger charge is -2.16. The van der Waals surface area contributed by atoms with Crippen LogP contribution in [0.1, 0.15) is 46.0 Å². The first kappa shape index (κ1) is 24.5. The summed E-state index contributed by atoms with van der Waals surface area (Å²) in [5.74, 6) is -0.970. The largest absolute Gasteiger partial charge is 0.465 e. The summed E-state index contributed by atoms with van der Waals surface area (Å²) in [7, 11) is 1.33. The summed E-state index contributed by atoms with van der Waals surface area (Å²) in [5, 5.41) is 3.15. The fourth-order valence-corrected chi connectivity index (χ4v) is 4.16. The first-order valence-corrected chi connectivity index (χ1v) is 11.6. The number of amides is 1. The van der Waals surface area contributed by atoms with Crippen molar-refractivity contribution in [3.05, 3.63) is 70.1 Å². The molecule has 0 atom stereocenters. The Labute approximate surface area is 202 Å². The number of anilines is 1. The molecule has 1 aliphatic rings. The number of nitrogens with one attached hydrogen (secondary N) is 1. The molecule has 0 aromatic heterocycles. The molecule has 33 heavy (non-hydrogen) atoms. The predicted octanol–water partition coefficient (Wildman–Crippen LogP) is 4.70. The van der Waals surface area contributed by atoms with Crippen LogP contribution in [0.15, 0.2) is 53.4 Å². The highest BCUT2D eigenvalue weighted by Crippen LogP contribution is 2.32. The number of thiocarbonyl (C=S) groups is 1. The third kappa shape index (κ3) is 6.43. The van der Waals surface area contributed by atoms with Gasteiger partial charge in [-0.15, -0.1) is 0 Å². The van der Waals surface area contributed by atoms with Crippen LogP contribution in [-0.4, -0.2) is 47.5 Å². The van der Waals surface area contributed by atoms with Crippen LogP contribution in [-0.2, 0) is 14.3 Å². The van der Waals surface area contributed by atoms with Crippen molar-refractivity contribution in [1.82, 2.24) is 4.90 Å². The summed E-state index contributed by atoms with van der Waals surface area (Å²) in [4.78, 5) is 38.3. The zero-order valence-electron chi connectivity index (χ0n) is 18.3. The Bertz CT molecular complexity index is 1070. The number of hydrogen-bond donors (Lipinski definition) is 1. The monoisotopic (exact) mass is 484 g/mol. The Morgan fingerprint density at radius 3 is 2.33 bits per heavy atom. The van der Waals surface area contributed by atoms with E-state index in [0.717, 1.165) is 24.1 Å². The van der Waals surface area contributed by atoms with Gasteiger partial charge in [0.2, 0.25) is 0 Å². The van der Waals surface area contributed by atoms with Crippen LogP contribution < -0.4 is 5.32 Å². The molecule has 2 aromatic carbocycles. The number of carbonyl (C=O) groups excluding carboxylic acids is 3. The van der Waals surface area contributed by atoms with E-state index in [1.807, 2.05) is 6.92 Å². The Balaban J connectivity index is 1.58. The van der Waals surface area contributed by atoms with E-state index in [-0.39, 0.29) is 18.5 Å². The average molecular weight is 485 g/mol. The molecule has 0 bridgehead atoms. The summed E-state index contributed by atoms with van der Waals surface area (Å²) in [5.41, 5.74) is 2.43. The summed E-state index contributed by atoms with van der Waals surface area (Å²) in [6, 6.07) is 13.6. The molecule has 172 valence electrons. The van der Waals surface area contributed by atoms with Gasteiger partial charge in [-0.1, -0.05) is 49.5 Å². The molecule has 0 unspecified atom stereocenters. The van der Waals surface area contributed by atoms with Crippen LogP contribution in [0.3, 0.4) is 0 Å². The molecular formula is C24H24N2O5S2. The Kier molecular flexibility index (Phi) is 8.62. The summed E-state index contributed by atoms with van der Waals surface area (Å²) in [6.07, 6.45) is 3.53. The van der Waals surface area contributed by atoms with Crippen LogP contribution in [0.2, 0.25) is 0 Å². The molecule has 0 saturated carbocycles. The molecule has 1 heterocycles. The van der Waals surface area contributed by atoms with E-state index >= 15 is 0 Å². The smallest absolute Gasteiger partial charge is 0.338 e. The lowest BCUT2D eigenvalue weighted by molar-refractivity contribution is -0.121. The first-order chi connectivity index (χ1) is 15.9. The molecule has 0 aliphatic carbocycles. The minimum atomic E-state index is -0.416. The third-order valence-electron chi connectivity index (χ3n) is 4.80. The topological polar surface area (TPSA) is 84.9 Å². The number of benzene rings is 2. The Hall–Kier alpha value is -3.17. The maximum Gasteiger partial charge on any atom is 0.338 e. The molecule has 7 nitrogen and oxygen atoms in total. The minimum Gasteiger partial charge on any atom is -0.465 e. The van der Waals surface area contributed by atoms with Crippen molar-refractivity contribution in [3.63, 3.8) is 0 Å². The predicted molar refractivity (Wildman–Crippen MR) is 133 cm³/mol. The zero-order valence-corrected chi connectivity index (χ0v) is 20.0. The zero-order chi connectivity index (χ0) is 23.8. The highest BCUT2D eigenvalue weighted by atomic mass is 32.2. The van der Waals surface area contributed by atoms with Gasteiger partial charge in [0.05, 0.1) is 36.4 Å². The molecule has 1 N–H and O–H groups in total. The van der Waals surface area contributed by atoms with Gasteiger partial charge >= 0.3 is 11.9 Å². The molecule has 0 spiro atoms. The van der Waals surface area contributed by atoms with Crippen LogP contribution in [0.25, 0.3) is 6.08 Å². The number of nitrogens with zero attached hydrogens (tertiary/aromatic N) is 1. The summed E-state index contributed by atoms with van der Waals surface area (Å²) < 4.78 is 10.3. The lowest BCUT2D eigenvalue weighted by Crippen LogP contribution is -2.33. The fourth-order valence-electron chi connectivity index (χ4n) is 2.91. The Morgan fingerprint density at radius 1 is 1.06 bits per heavy atom. The number of ether oxygens (including phenoxy) is 2. The van der Waals surface area contributed by atoms with Crippen molar-refractivity contribution in [2.75, 3.05) is 25.7 Å².